The second-order valence-corrected chi connectivity index (χ2v) is 4.56. The summed E-state index contributed by atoms with van der Waals surface area (Å²) in [7, 11) is 0. The number of nitrogens with zero attached hydrogens (tertiary/aromatic N) is 1. The van der Waals surface area contributed by atoms with E-state index in [1.54, 1.807) is 4.90 Å². The molecule has 1 saturated heterocycles. The van der Waals surface area contributed by atoms with Gasteiger partial charge in [0.15, 0.2) is 0 Å². The number of carbonyl (C=O) groups excluding carboxylic acids is 1. The number of hydrogen-bond acceptors (Lipinski definition) is 2. The molecule has 0 bridgehead atoms. The molecule has 0 aliphatic carbocycles. The molecule has 1 heterocycles. The van der Waals surface area contributed by atoms with Crippen LogP contribution in [0.1, 0.15) is 25.7 Å². The monoisotopic (exact) mass is 251 g/mol. The first-order valence-electron chi connectivity index (χ1n) is 6.28. The van der Waals surface area contributed by atoms with Gasteiger partial charge in [0.1, 0.15) is 5.82 Å². The zero-order chi connectivity index (χ0) is 13.0. The van der Waals surface area contributed by atoms with Crippen LogP contribution in [0.4, 0.5) is 20.6 Å². The molecular weight excluding hydrogens is 233 g/mol. The number of nitrogen functional groups attached to an aromatic ring is 1. The molecular formula is C13H18FN3O. The number of amides is 2. The third kappa shape index (κ3) is 3.12. The summed E-state index contributed by atoms with van der Waals surface area (Å²) in [5.74, 6) is -0.407. The Labute approximate surface area is 106 Å². The van der Waals surface area contributed by atoms with Crippen molar-refractivity contribution < 1.29 is 9.18 Å². The van der Waals surface area contributed by atoms with Crippen LogP contribution in [-0.2, 0) is 0 Å². The molecule has 0 aromatic heterocycles. The molecule has 2 amide bonds. The van der Waals surface area contributed by atoms with Gasteiger partial charge in [-0.05, 0) is 31.0 Å². The summed E-state index contributed by atoms with van der Waals surface area (Å²) >= 11 is 0. The van der Waals surface area contributed by atoms with Crippen LogP contribution < -0.4 is 11.1 Å². The summed E-state index contributed by atoms with van der Waals surface area (Å²) in [6.45, 7) is 1.50. The normalized spacial score (nSPS) is 16.2. The van der Waals surface area contributed by atoms with Crippen LogP contribution in [0.3, 0.4) is 0 Å². The highest BCUT2D eigenvalue weighted by molar-refractivity contribution is 5.92. The van der Waals surface area contributed by atoms with Gasteiger partial charge in [0.05, 0.1) is 11.4 Å². The summed E-state index contributed by atoms with van der Waals surface area (Å²) < 4.78 is 13.1. The predicted octanol–water partition coefficient (Wildman–Crippen LogP) is 2.82. The van der Waals surface area contributed by atoms with Gasteiger partial charge in [-0.2, -0.15) is 0 Å². The Morgan fingerprint density at radius 1 is 1.22 bits per heavy atom. The van der Waals surface area contributed by atoms with Gasteiger partial charge in [0, 0.05) is 13.1 Å². The highest BCUT2D eigenvalue weighted by Crippen LogP contribution is 2.20. The molecule has 1 aliphatic heterocycles. The molecule has 18 heavy (non-hydrogen) atoms. The lowest BCUT2D eigenvalue weighted by atomic mass is 10.2. The molecule has 2 rings (SSSR count). The zero-order valence-corrected chi connectivity index (χ0v) is 10.3. The summed E-state index contributed by atoms with van der Waals surface area (Å²) in [5.41, 5.74) is 6.41. The fraction of sp³-hybridized carbons (Fsp3) is 0.462. The Bertz CT molecular complexity index is 428. The minimum atomic E-state index is -0.407. The van der Waals surface area contributed by atoms with Crippen LogP contribution in [0, 0.1) is 5.82 Å². The van der Waals surface area contributed by atoms with E-state index in [0.717, 1.165) is 38.8 Å². The largest absolute Gasteiger partial charge is 0.397 e. The molecule has 1 aromatic rings. The quantitative estimate of drug-likeness (QED) is 0.754. The van der Waals surface area contributed by atoms with E-state index in [1.165, 1.54) is 18.2 Å². The van der Waals surface area contributed by atoms with Crippen molar-refractivity contribution in [2.24, 2.45) is 0 Å². The maximum Gasteiger partial charge on any atom is 0.321 e. The van der Waals surface area contributed by atoms with Crippen molar-refractivity contribution in [3.8, 4) is 0 Å². The molecule has 5 heteroatoms. The standard InChI is InChI=1S/C13H18FN3O/c14-10-5-6-11(15)12(9-10)16-13(18)17-7-3-1-2-4-8-17/h5-6,9H,1-4,7-8,15H2,(H,16,18). The summed E-state index contributed by atoms with van der Waals surface area (Å²) in [6, 6.07) is 3.77. The summed E-state index contributed by atoms with van der Waals surface area (Å²) in [6.07, 6.45) is 4.36. The van der Waals surface area contributed by atoms with E-state index < -0.39 is 5.82 Å². The number of hydrogen-bond donors (Lipinski definition) is 2. The Balaban J connectivity index is 2.03. The molecule has 1 aliphatic rings. The summed E-state index contributed by atoms with van der Waals surface area (Å²) in [4.78, 5) is 13.8. The zero-order valence-electron chi connectivity index (χ0n) is 10.3. The van der Waals surface area contributed by atoms with Crippen molar-refractivity contribution in [2.45, 2.75) is 25.7 Å². The van der Waals surface area contributed by atoms with Gasteiger partial charge in [0.2, 0.25) is 0 Å². The van der Waals surface area contributed by atoms with E-state index in [-0.39, 0.29) is 6.03 Å². The van der Waals surface area contributed by atoms with Gasteiger partial charge in [-0.1, -0.05) is 12.8 Å². The van der Waals surface area contributed by atoms with Gasteiger partial charge in [-0.25, -0.2) is 9.18 Å². The van der Waals surface area contributed by atoms with Gasteiger partial charge in [-0.3, -0.25) is 0 Å². The van der Waals surface area contributed by atoms with Crippen molar-refractivity contribution in [3.63, 3.8) is 0 Å². The first kappa shape index (κ1) is 12.7. The fourth-order valence-corrected chi connectivity index (χ4v) is 2.10. The topological polar surface area (TPSA) is 58.4 Å². The number of carbonyl (C=O) groups is 1. The van der Waals surface area contributed by atoms with E-state index in [0.29, 0.717) is 11.4 Å². The molecule has 1 aromatic carbocycles. The minimum absolute atomic E-state index is 0.200. The van der Waals surface area contributed by atoms with E-state index in [9.17, 15) is 9.18 Å². The van der Waals surface area contributed by atoms with Crippen molar-refractivity contribution in [1.82, 2.24) is 4.90 Å². The number of anilines is 2. The number of nitrogens with two attached hydrogens (primary N) is 1. The number of rotatable bonds is 1. The van der Waals surface area contributed by atoms with Crippen molar-refractivity contribution in [3.05, 3.63) is 24.0 Å². The second kappa shape index (κ2) is 5.71. The molecule has 1 fully saturated rings. The second-order valence-electron chi connectivity index (χ2n) is 4.56. The van der Waals surface area contributed by atoms with Gasteiger partial charge >= 0.3 is 6.03 Å². The SMILES string of the molecule is Nc1ccc(F)cc1NC(=O)N1CCCCCC1. The molecule has 0 spiro atoms. The fourth-order valence-electron chi connectivity index (χ4n) is 2.10. The highest BCUT2D eigenvalue weighted by Gasteiger charge is 2.16. The molecule has 4 nitrogen and oxygen atoms in total. The lowest BCUT2D eigenvalue weighted by Gasteiger charge is -2.21. The first-order valence-corrected chi connectivity index (χ1v) is 6.28. The Kier molecular flexibility index (Phi) is 4.02. The number of urea groups is 1. The third-order valence-electron chi connectivity index (χ3n) is 3.15. The van der Waals surface area contributed by atoms with Crippen LogP contribution in [0.2, 0.25) is 0 Å². The Morgan fingerprint density at radius 3 is 2.56 bits per heavy atom. The van der Waals surface area contributed by atoms with E-state index in [1.807, 2.05) is 0 Å². The molecule has 0 atom stereocenters. The highest BCUT2D eigenvalue weighted by atomic mass is 19.1. The lowest BCUT2D eigenvalue weighted by Crippen LogP contribution is -2.35. The summed E-state index contributed by atoms with van der Waals surface area (Å²) in [5, 5.41) is 2.67. The first-order chi connectivity index (χ1) is 8.66. The average Bonchev–Trinajstić information content (AvgIpc) is 2.62. The van der Waals surface area contributed by atoms with Gasteiger partial charge < -0.3 is 16.0 Å². The molecule has 0 radical (unpaired) electrons. The Morgan fingerprint density at radius 2 is 1.89 bits per heavy atom. The molecule has 0 saturated carbocycles. The third-order valence-corrected chi connectivity index (χ3v) is 3.15. The van der Waals surface area contributed by atoms with E-state index in [4.69, 9.17) is 5.73 Å². The molecule has 0 unspecified atom stereocenters. The van der Waals surface area contributed by atoms with Crippen LogP contribution in [0.5, 0.6) is 0 Å². The lowest BCUT2D eigenvalue weighted by molar-refractivity contribution is 0.214. The van der Waals surface area contributed by atoms with Crippen LogP contribution in [-0.4, -0.2) is 24.0 Å². The number of benzene rings is 1. The number of nitrogens with one attached hydrogen (secondary N) is 1. The van der Waals surface area contributed by atoms with Gasteiger partial charge in [0.25, 0.3) is 0 Å². The van der Waals surface area contributed by atoms with E-state index >= 15 is 0 Å². The molecule has 98 valence electrons. The maximum absolute atomic E-state index is 13.1. The van der Waals surface area contributed by atoms with Gasteiger partial charge in [-0.15, -0.1) is 0 Å². The maximum atomic E-state index is 13.1. The van der Waals surface area contributed by atoms with Crippen molar-refractivity contribution in [2.75, 3.05) is 24.1 Å². The average molecular weight is 251 g/mol. The van der Waals surface area contributed by atoms with Crippen molar-refractivity contribution in [1.29, 1.82) is 0 Å². The van der Waals surface area contributed by atoms with Crippen molar-refractivity contribution >= 4 is 17.4 Å². The van der Waals surface area contributed by atoms with E-state index in [2.05, 4.69) is 5.32 Å². The Hall–Kier alpha value is -1.78. The number of halogens is 1. The van der Waals surface area contributed by atoms with Crippen LogP contribution >= 0.6 is 0 Å². The van der Waals surface area contributed by atoms with Crippen LogP contribution in [0.15, 0.2) is 18.2 Å². The molecule has 3 N–H and O–H groups in total. The van der Waals surface area contributed by atoms with Crippen LogP contribution in [0.25, 0.3) is 0 Å². The smallest absolute Gasteiger partial charge is 0.321 e. The predicted molar refractivity (Wildman–Crippen MR) is 69.9 cm³/mol. The minimum Gasteiger partial charge on any atom is -0.397 e. The number of likely N-dealkylation sites (tertiary alicyclic amines) is 1.